The number of benzene rings is 3. The molecule has 3 N–H and O–H groups in total. The van der Waals surface area contributed by atoms with E-state index in [1.807, 2.05) is 30.3 Å². The Morgan fingerprint density at radius 3 is 2.39 bits per heavy atom. The first-order valence-corrected chi connectivity index (χ1v) is 9.32. The number of hydrogen-bond donors (Lipinski definition) is 2. The molecule has 0 radical (unpaired) electrons. The lowest BCUT2D eigenvalue weighted by molar-refractivity contribution is -0.474. The highest BCUT2D eigenvalue weighted by molar-refractivity contribution is 6.09. The zero-order valence-corrected chi connectivity index (χ0v) is 16.0. The molecule has 0 spiro atoms. The van der Waals surface area contributed by atoms with Gasteiger partial charge in [0.2, 0.25) is 0 Å². The van der Waals surface area contributed by atoms with Gasteiger partial charge in [0.25, 0.3) is 5.69 Å². The smallest absolute Gasteiger partial charge is 0.292 e. The van der Waals surface area contributed by atoms with Gasteiger partial charge in [0.15, 0.2) is 4.87 Å². The molecule has 0 fully saturated rings. The third-order valence-electron chi connectivity index (χ3n) is 4.95. The van der Waals surface area contributed by atoms with Crippen molar-refractivity contribution in [1.82, 2.24) is 5.32 Å². The van der Waals surface area contributed by atoms with Crippen molar-refractivity contribution < 1.29 is 4.87 Å². The molecule has 3 aromatic rings. The lowest BCUT2D eigenvalue weighted by atomic mass is 9.97. The summed E-state index contributed by atoms with van der Waals surface area (Å²) in [6.07, 6.45) is 0. The predicted octanol–water partition coefficient (Wildman–Crippen LogP) is 4.55. The molecule has 1 aliphatic rings. The molecule has 140 valence electrons. The zero-order valence-electron chi connectivity index (χ0n) is 16.0. The van der Waals surface area contributed by atoms with Gasteiger partial charge < -0.3 is 5.32 Å². The van der Waals surface area contributed by atoms with Crippen LogP contribution in [0.4, 0.5) is 11.4 Å². The molecule has 28 heavy (non-hydrogen) atoms. The third-order valence-corrected chi connectivity index (χ3v) is 4.95. The fourth-order valence-corrected chi connectivity index (χ4v) is 3.79. The number of hydrazine groups is 1. The summed E-state index contributed by atoms with van der Waals surface area (Å²) in [4.78, 5) is 16.8. The second-order valence-electron chi connectivity index (χ2n) is 7.24. The molecule has 5 nitrogen and oxygen atoms in total. The minimum atomic E-state index is -0.113. The Hall–Kier alpha value is -3.31. The van der Waals surface area contributed by atoms with Crippen LogP contribution in [0.5, 0.6) is 0 Å². The molecular weight excluding hydrogens is 348 g/mol. The van der Waals surface area contributed by atoms with E-state index in [0.29, 0.717) is 17.1 Å². The lowest BCUT2D eigenvalue weighted by Crippen LogP contribution is -2.27. The standard InChI is InChI=1S/C23H23N4O/c1-15-10-16(2)12-17(11-15)14-25-23-20-13-19(27(24)28)8-9-21(20)26-22(23)18-6-4-3-5-7-18/h3-13,23,25H,14H2,1-2H3,(H2,24,28)/q+1. The van der Waals surface area contributed by atoms with Crippen LogP contribution in [0.2, 0.25) is 0 Å². The van der Waals surface area contributed by atoms with Gasteiger partial charge in [-0.1, -0.05) is 59.7 Å². The van der Waals surface area contributed by atoms with Crippen LogP contribution in [0, 0.1) is 18.8 Å². The van der Waals surface area contributed by atoms with E-state index in [0.717, 1.165) is 22.5 Å². The van der Waals surface area contributed by atoms with Crippen LogP contribution in [0.15, 0.2) is 71.7 Å². The van der Waals surface area contributed by atoms with Gasteiger partial charge in [0.1, 0.15) is 0 Å². The molecule has 0 aliphatic carbocycles. The molecule has 1 heterocycles. The quantitative estimate of drug-likeness (QED) is 0.393. The van der Waals surface area contributed by atoms with E-state index in [4.69, 9.17) is 10.8 Å². The Morgan fingerprint density at radius 1 is 1.00 bits per heavy atom. The van der Waals surface area contributed by atoms with Gasteiger partial charge in [-0.25, -0.2) is 0 Å². The first kappa shape index (κ1) is 18.1. The van der Waals surface area contributed by atoms with Gasteiger partial charge in [0, 0.05) is 24.2 Å². The van der Waals surface area contributed by atoms with Gasteiger partial charge in [-0.3, -0.25) is 4.99 Å². The minimum absolute atomic E-state index is 0.113. The monoisotopic (exact) mass is 371 g/mol. The minimum Gasteiger partial charge on any atom is -0.301 e. The van der Waals surface area contributed by atoms with Crippen molar-refractivity contribution in [3.63, 3.8) is 0 Å². The maximum Gasteiger partial charge on any atom is 0.292 e. The topological polar surface area (TPSA) is 70.5 Å². The van der Waals surface area contributed by atoms with Crippen LogP contribution >= 0.6 is 0 Å². The summed E-state index contributed by atoms with van der Waals surface area (Å²) in [5.41, 5.74) is 7.96. The number of nitrogens with zero attached hydrogens (tertiary/aromatic N) is 2. The maximum atomic E-state index is 11.6. The number of nitrogens with two attached hydrogens (primary N) is 1. The van der Waals surface area contributed by atoms with Crippen LogP contribution < -0.4 is 11.2 Å². The van der Waals surface area contributed by atoms with E-state index >= 15 is 0 Å². The van der Waals surface area contributed by atoms with E-state index in [9.17, 15) is 4.91 Å². The number of hydrogen-bond acceptors (Lipinski definition) is 3. The highest BCUT2D eigenvalue weighted by Crippen LogP contribution is 2.38. The summed E-state index contributed by atoms with van der Waals surface area (Å²) >= 11 is 0. The Labute approximate surface area is 164 Å². The average molecular weight is 371 g/mol. The summed E-state index contributed by atoms with van der Waals surface area (Å²) < 4.78 is 0. The summed E-state index contributed by atoms with van der Waals surface area (Å²) in [7, 11) is 0. The normalized spacial score (nSPS) is 15.2. The van der Waals surface area contributed by atoms with Gasteiger partial charge >= 0.3 is 0 Å². The summed E-state index contributed by atoms with van der Waals surface area (Å²) in [5, 5.41) is 3.63. The number of rotatable bonds is 5. The van der Waals surface area contributed by atoms with E-state index in [1.54, 1.807) is 6.07 Å². The second-order valence-corrected chi connectivity index (χ2v) is 7.24. The van der Waals surface area contributed by atoms with Crippen molar-refractivity contribution in [2.75, 3.05) is 0 Å². The van der Waals surface area contributed by atoms with Crippen molar-refractivity contribution in [3.05, 3.63) is 99.5 Å². The number of aliphatic imine (C=N–C) groups is 1. The van der Waals surface area contributed by atoms with Gasteiger partial charge in [-0.2, -0.15) is 5.84 Å². The molecule has 0 amide bonds. The first-order chi connectivity index (χ1) is 13.5. The molecule has 0 saturated heterocycles. The molecule has 3 aromatic carbocycles. The highest BCUT2D eigenvalue weighted by atomic mass is 16.3. The lowest BCUT2D eigenvalue weighted by Gasteiger charge is -2.17. The Kier molecular flexibility index (Phi) is 4.75. The molecule has 4 rings (SSSR count). The Balaban J connectivity index is 1.70. The summed E-state index contributed by atoms with van der Waals surface area (Å²) in [5.74, 6) is 5.42. The average Bonchev–Trinajstić information content (AvgIpc) is 3.04. The SMILES string of the molecule is Cc1cc(C)cc(CNC2C(c3ccccc3)=Nc3ccc([N+](N)=O)cc32)c1. The van der Waals surface area contributed by atoms with Crippen LogP contribution in [-0.4, -0.2) is 10.6 Å². The maximum absolute atomic E-state index is 11.6. The molecule has 0 aromatic heterocycles. The molecule has 0 saturated carbocycles. The highest BCUT2D eigenvalue weighted by Gasteiger charge is 2.30. The zero-order chi connectivity index (χ0) is 19.7. The molecule has 5 heteroatoms. The molecule has 1 unspecified atom stereocenters. The Morgan fingerprint density at radius 2 is 1.71 bits per heavy atom. The summed E-state index contributed by atoms with van der Waals surface area (Å²) in [6.45, 7) is 4.91. The van der Waals surface area contributed by atoms with E-state index in [-0.39, 0.29) is 6.04 Å². The number of nitroso groups, excluding NO2 is 1. The van der Waals surface area contributed by atoms with Crippen LogP contribution in [0.25, 0.3) is 0 Å². The van der Waals surface area contributed by atoms with Gasteiger partial charge in [0.05, 0.1) is 22.3 Å². The van der Waals surface area contributed by atoms with Crippen molar-refractivity contribution >= 4 is 17.1 Å². The largest absolute Gasteiger partial charge is 0.301 e. The Bertz CT molecular complexity index is 1050. The molecular formula is C23H23N4O+. The summed E-state index contributed by atoms with van der Waals surface area (Å²) in [6, 6.07) is 21.9. The third kappa shape index (κ3) is 3.57. The fraction of sp³-hybridized carbons (Fsp3) is 0.174. The van der Waals surface area contributed by atoms with Crippen molar-refractivity contribution in [2.45, 2.75) is 26.4 Å². The fourth-order valence-electron chi connectivity index (χ4n) is 3.79. The van der Waals surface area contributed by atoms with Crippen molar-refractivity contribution in [2.24, 2.45) is 10.8 Å². The molecule has 1 aliphatic heterocycles. The van der Waals surface area contributed by atoms with Gasteiger partial charge in [-0.05, 0) is 31.0 Å². The van der Waals surface area contributed by atoms with Crippen LogP contribution in [0.3, 0.4) is 0 Å². The number of fused-ring (bicyclic) bond motifs is 1. The number of nitrogens with one attached hydrogen (secondary N) is 1. The number of aryl methyl sites for hydroxylation is 2. The predicted molar refractivity (Wildman–Crippen MR) is 112 cm³/mol. The van der Waals surface area contributed by atoms with Crippen molar-refractivity contribution in [1.29, 1.82) is 0 Å². The van der Waals surface area contributed by atoms with Crippen LogP contribution in [-0.2, 0) is 6.54 Å². The van der Waals surface area contributed by atoms with E-state index < -0.39 is 0 Å². The van der Waals surface area contributed by atoms with E-state index in [2.05, 4.69) is 49.5 Å². The van der Waals surface area contributed by atoms with Crippen LogP contribution in [0.1, 0.15) is 33.9 Å². The second kappa shape index (κ2) is 7.37. The molecule has 0 bridgehead atoms. The van der Waals surface area contributed by atoms with Gasteiger partial charge in [-0.15, -0.1) is 0 Å². The van der Waals surface area contributed by atoms with Crippen molar-refractivity contribution in [3.8, 4) is 0 Å². The first-order valence-electron chi connectivity index (χ1n) is 9.32. The van der Waals surface area contributed by atoms with E-state index in [1.165, 1.54) is 16.7 Å². The molecule has 1 atom stereocenters.